The van der Waals surface area contributed by atoms with Crippen LogP contribution in [0.15, 0.2) is 5.16 Å². The Morgan fingerprint density at radius 1 is 1.56 bits per heavy atom. The van der Waals surface area contributed by atoms with Crippen LogP contribution in [-0.4, -0.2) is 43.1 Å². The fraction of sp³-hybridized carbons (Fsp3) is 0.700. The van der Waals surface area contributed by atoms with Crippen molar-refractivity contribution in [3.8, 4) is 0 Å². The van der Waals surface area contributed by atoms with Gasteiger partial charge in [0, 0.05) is 6.04 Å². The molecule has 6 nitrogen and oxygen atoms in total. The van der Waals surface area contributed by atoms with Crippen LogP contribution < -0.4 is 5.73 Å². The Balaban J connectivity index is 2.67. The first-order valence-corrected chi connectivity index (χ1v) is 7.83. The molecule has 1 aromatic rings. The second-order valence-corrected chi connectivity index (χ2v) is 6.06. The molecule has 1 aromatic heterocycles. The standard InChI is InChI=1S/C10H18N4O2S2/c1-3-17-5-4-7(2)14-9(11)12-13-10(14)18-6-8(15)16/h7H,3-6H2,1-2H3,(H2,11,12)(H,15,16). The van der Waals surface area contributed by atoms with Gasteiger partial charge in [-0.3, -0.25) is 9.36 Å². The van der Waals surface area contributed by atoms with Gasteiger partial charge < -0.3 is 10.8 Å². The van der Waals surface area contributed by atoms with Gasteiger partial charge in [0.15, 0.2) is 5.16 Å². The molecule has 1 heterocycles. The highest BCUT2D eigenvalue weighted by Crippen LogP contribution is 2.25. The van der Waals surface area contributed by atoms with Crippen molar-refractivity contribution in [2.24, 2.45) is 0 Å². The SMILES string of the molecule is CCSCCC(C)n1c(N)nnc1SCC(=O)O. The molecule has 0 aromatic carbocycles. The lowest BCUT2D eigenvalue weighted by molar-refractivity contribution is -0.133. The summed E-state index contributed by atoms with van der Waals surface area (Å²) in [7, 11) is 0. The van der Waals surface area contributed by atoms with Crippen molar-refractivity contribution in [3.63, 3.8) is 0 Å². The topological polar surface area (TPSA) is 94.0 Å². The second kappa shape index (κ2) is 7.52. The van der Waals surface area contributed by atoms with Crippen LogP contribution in [0.3, 0.4) is 0 Å². The van der Waals surface area contributed by atoms with Crippen LogP contribution in [0, 0.1) is 0 Å². The number of hydrogen-bond donors (Lipinski definition) is 2. The molecule has 3 N–H and O–H groups in total. The molecule has 1 atom stereocenters. The van der Waals surface area contributed by atoms with Crippen LogP contribution in [-0.2, 0) is 4.79 Å². The summed E-state index contributed by atoms with van der Waals surface area (Å²) in [6.45, 7) is 4.16. The summed E-state index contributed by atoms with van der Waals surface area (Å²) in [5.41, 5.74) is 5.77. The first-order valence-electron chi connectivity index (χ1n) is 5.69. The third-order valence-corrected chi connectivity index (χ3v) is 4.20. The van der Waals surface area contributed by atoms with Crippen LogP contribution in [0.1, 0.15) is 26.3 Å². The van der Waals surface area contributed by atoms with Gasteiger partial charge in [-0.25, -0.2) is 0 Å². The molecule has 0 amide bonds. The van der Waals surface area contributed by atoms with Gasteiger partial charge >= 0.3 is 5.97 Å². The highest BCUT2D eigenvalue weighted by molar-refractivity contribution is 7.99. The Bertz CT molecular complexity index is 397. The van der Waals surface area contributed by atoms with Crippen molar-refractivity contribution in [2.75, 3.05) is 23.0 Å². The van der Waals surface area contributed by atoms with Crippen LogP contribution >= 0.6 is 23.5 Å². The lowest BCUT2D eigenvalue weighted by atomic mass is 10.2. The normalized spacial score (nSPS) is 12.6. The van der Waals surface area contributed by atoms with Gasteiger partial charge in [0.2, 0.25) is 5.95 Å². The maximum absolute atomic E-state index is 10.6. The van der Waals surface area contributed by atoms with E-state index in [4.69, 9.17) is 10.8 Å². The van der Waals surface area contributed by atoms with Gasteiger partial charge in [0.25, 0.3) is 0 Å². The zero-order chi connectivity index (χ0) is 13.5. The smallest absolute Gasteiger partial charge is 0.313 e. The Labute approximate surface area is 115 Å². The summed E-state index contributed by atoms with van der Waals surface area (Å²) in [5.74, 6) is 1.57. The maximum Gasteiger partial charge on any atom is 0.313 e. The molecule has 102 valence electrons. The van der Waals surface area contributed by atoms with E-state index in [1.165, 1.54) is 0 Å². The Hall–Kier alpha value is -0.890. The molecule has 1 unspecified atom stereocenters. The number of aliphatic carboxylic acids is 1. The molecule has 1 rings (SSSR count). The number of carboxylic acids is 1. The molecule has 0 aliphatic carbocycles. The summed E-state index contributed by atoms with van der Waals surface area (Å²) in [5, 5.41) is 17.0. The van der Waals surface area contributed by atoms with Crippen LogP contribution in [0.5, 0.6) is 0 Å². The van der Waals surface area contributed by atoms with Gasteiger partial charge in [-0.05, 0) is 24.9 Å². The van der Waals surface area contributed by atoms with E-state index in [1.807, 2.05) is 23.3 Å². The van der Waals surface area contributed by atoms with Crippen molar-refractivity contribution in [3.05, 3.63) is 0 Å². The van der Waals surface area contributed by atoms with E-state index in [9.17, 15) is 4.79 Å². The average Bonchev–Trinajstić information content (AvgIpc) is 2.68. The molecule has 18 heavy (non-hydrogen) atoms. The van der Waals surface area contributed by atoms with Crippen LogP contribution in [0.25, 0.3) is 0 Å². The van der Waals surface area contributed by atoms with Crippen molar-refractivity contribution in [1.82, 2.24) is 14.8 Å². The molecule has 0 spiro atoms. The lowest BCUT2D eigenvalue weighted by Gasteiger charge is -2.15. The van der Waals surface area contributed by atoms with E-state index in [2.05, 4.69) is 17.1 Å². The number of carbonyl (C=O) groups is 1. The first-order chi connectivity index (χ1) is 8.56. The monoisotopic (exact) mass is 290 g/mol. The Morgan fingerprint density at radius 3 is 2.89 bits per heavy atom. The fourth-order valence-corrected chi connectivity index (χ4v) is 3.01. The number of nitrogens with two attached hydrogens (primary N) is 1. The van der Waals surface area contributed by atoms with Crippen LogP contribution in [0.4, 0.5) is 5.95 Å². The third kappa shape index (κ3) is 4.41. The molecule has 0 bridgehead atoms. The first kappa shape index (κ1) is 15.2. The number of anilines is 1. The number of nitrogens with zero attached hydrogens (tertiary/aromatic N) is 3. The van der Waals surface area contributed by atoms with Gasteiger partial charge in [-0.2, -0.15) is 11.8 Å². The third-order valence-electron chi connectivity index (χ3n) is 2.34. The number of nitrogen functional groups attached to an aromatic ring is 1. The highest BCUT2D eigenvalue weighted by atomic mass is 32.2. The Kier molecular flexibility index (Phi) is 6.34. The number of hydrogen-bond acceptors (Lipinski definition) is 6. The maximum atomic E-state index is 10.6. The van der Waals surface area contributed by atoms with Crippen molar-refractivity contribution in [1.29, 1.82) is 0 Å². The summed E-state index contributed by atoms with van der Waals surface area (Å²) in [4.78, 5) is 10.6. The number of aromatic nitrogens is 3. The van der Waals surface area contributed by atoms with E-state index in [-0.39, 0.29) is 11.8 Å². The van der Waals surface area contributed by atoms with E-state index < -0.39 is 5.97 Å². The molecular weight excluding hydrogens is 272 g/mol. The largest absolute Gasteiger partial charge is 0.481 e. The zero-order valence-corrected chi connectivity index (χ0v) is 12.1. The van der Waals surface area contributed by atoms with Gasteiger partial charge in [-0.15, -0.1) is 10.2 Å². The van der Waals surface area contributed by atoms with Crippen molar-refractivity contribution in [2.45, 2.75) is 31.5 Å². The van der Waals surface area contributed by atoms with Gasteiger partial charge in [0.1, 0.15) is 0 Å². The van der Waals surface area contributed by atoms with Gasteiger partial charge in [0.05, 0.1) is 5.75 Å². The quantitative estimate of drug-likeness (QED) is 0.556. The molecule has 0 radical (unpaired) electrons. The van der Waals surface area contributed by atoms with Crippen molar-refractivity contribution < 1.29 is 9.90 Å². The zero-order valence-electron chi connectivity index (χ0n) is 10.5. The molecule has 8 heteroatoms. The van der Waals surface area contributed by atoms with Crippen molar-refractivity contribution >= 4 is 35.4 Å². The highest BCUT2D eigenvalue weighted by Gasteiger charge is 2.16. The number of thioether (sulfide) groups is 2. The molecule has 0 fully saturated rings. The average molecular weight is 290 g/mol. The summed E-state index contributed by atoms with van der Waals surface area (Å²) in [6.07, 6.45) is 0.960. The molecule has 0 aliphatic heterocycles. The fourth-order valence-electron chi connectivity index (χ4n) is 1.45. The summed E-state index contributed by atoms with van der Waals surface area (Å²) >= 11 is 3.01. The minimum Gasteiger partial charge on any atom is -0.481 e. The predicted molar refractivity (Wildman–Crippen MR) is 75.1 cm³/mol. The van der Waals surface area contributed by atoms with E-state index >= 15 is 0 Å². The molecule has 0 aliphatic rings. The number of carboxylic acid groups (broad SMARTS) is 1. The predicted octanol–water partition coefficient (Wildman–Crippen LogP) is 1.74. The minimum atomic E-state index is -0.873. The second-order valence-electron chi connectivity index (χ2n) is 3.73. The molecule has 0 saturated heterocycles. The van der Waals surface area contributed by atoms with E-state index in [0.29, 0.717) is 11.1 Å². The summed E-state index contributed by atoms with van der Waals surface area (Å²) in [6, 6.07) is 0.176. The summed E-state index contributed by atoms with van der Waals surface area (Å²) < 4.78 is 1.81. The Morgan fingerprint density at radius 2 is 2.28 bits per heavy atom. The van der Waals surface area contributed by atoms with E-state index in [1.54, 1.807) is 0 Å². The molecule has 0 saturated carbocycles. The lowest BCUT2D eigenvalue weighted by Crippen LogP contribution is -2.12. The van der Waals surface area contributed by atoms with Crippen LogP contribution in [0.2, 0.25) is 0 Å². The van der Waals surface area contributed by atoms with Gasteiger partial charge in [-0.1, -0.05) is 18.7 Å². The van der Waals surface area contributed by atoms with E-state index in [0.717, 1.165) is 29.7 Å². The number of rotatable bonds is 8. The minimum absolute atomic E-state index is 0.0332. The molecular formula is C10H18N4O2S2.